The molecule has 0 radical (unpaired) electrons. The molecule has 10 nitrogen and oxygen atoms in total. The summed E-state index contributed by atoms with van der Waals surface area (Å²) in [6.45, 7) is 0.224. The molecule has 11 heteroatoms. The smallest absolute Gasteiger partial charge is 0.251 e. The zero-order chi connectivity index (χ0) is 29.2. The number of carbonyl (C=O) groups excluding carboxylic acids is 2. The summed E-state index contributed by atoms with van der Waals surface area (Å²) in [6, 6.07) is 21.6. The summed E-state index contributed by atoms with van der Waals surface area (Å²) in [7, 11) is 0. The van der Waals surface area contributed by atoms with Crippen LogP contribution in [0.4, 0.5) is 10.2 Å². The van der Waals surface area contributed by atoms with Crippen molar-refractivity contribution in [3.63, 3.8) is 0 Å². The van der Waals surface area contributed by atoms with Gasteiger partial charge in [-0.2, -0.15) is 0 Å². The molecule has 6 rings (SSSR count). The topological polar surface area (TPSA) is 149 Å². The highest BCUT2D eigenvalue weighted by Gasteiger charge is 2.19. The number of halogens is 1. The third-order valence-electron chi connectivity index (χ3n) is 6.64. The minimum atomic E-state index is -0.440. The predicted octanol–water partition coefficient (Wildman–Crippen LogP) is 4.71. The van der Waals surface area contributed by atoms with Gasteiger partial charge in [0.1, 0.15) is 22.9 Å². The van der Waals surface area contributed by atoms with Gasteiger partial charge in [-0.25, -0.2) is 19.3 Å². The fraction of sp³-hybridized carbons (Fsp3) is 0.0323. The van der Waals surface area contributed by atoms with Gasteiger partial charge in [-0.3, -0.25) is 19.1 Å². The Kier molecular flexibility index (Phi) is 6.81. The summed E-state index contributed by atoms with van der Waals surface area (Å²) in [5.74, 6) is -0.174. The van der Waals surface area contributed by atoms with Gasteiger partial charge in [0.15, 0.2) is 17.8 Å². The average Bonchev–Trinajstić information content (AvgIpc) is 3.39. The molecule has 0 spiro atoms. The van der Waals surface area contributed by atoms with Crippen LogP contribution in [0.3, 0.4) is 0 Å². The molecule has 4 aromatic heterocycles. The first-order valence-corrected chi connectivity index (χ1v) is 12.8. The third-order valence-corrected chi connectivity index (χ3v) is 6.64. The summed E-state index contributed by atoms with van der Waals surface area (Å²) >= 11 is 0. The lowest BCUT2D eigenvalue weighted by molar-refractivity contribution is 0.0951. The molecule has 4 heterocycles. The molecular formula is C31H22FN7O3. The van der Waals surface area contributed by atoms with Gasteiger partial charge in [-0.1, -0.05) is 12.1 Å². The number of carbonyl (C=O) groups is 2. The Morgan fingerprint density at radius 3 is 2.52 bits per heavy atom. The van der Waals surface area contributed by atoms with Crippen molar-refractivity contribution in [2.45, 2.75) is 6.54 Å². The van der Waals surface area contributed by atoms with Gasteiger partial charge >= 0.3 is 0 Å². The molecule has 4 N–H and O–H groups in total. The fourth-order valence-corrected chi connectivity index (χ4v) is 4.50. The minimum absolute atomic E-state index is 0.0385. The molecule has 0 fully saturated rings. The maximum atomic E-state index is 13.5. The Labute approximate surface area is 238 Å². The molecule has 0 atom stereocenters. The number of nitrogens with two attached hydrogens (primary N) is 1. The van der Waals surface area contributed by atoms with Crippen LogP contribution in [0.2, 0.25) is 0 Å². The van der Waals surface area contributed by atoms with Crippen molar-refractivity contribution in [1.29, 1.82) is 0 Å². The Morgan fingerprint density at radius 1 is 0.976 bits per heavy atom. The van der Waals surface area contributed by atoms with Gasteiger partial charge in [-0.15, -0.1) is 0 Å². The van der Waals surface area contributed by atoms with Crippen LogP contribution in [0, 0.1) is 5.82 Å². The molecule has 42 heavy (non-hydrogen) atoms. The van der Waals surface area contributed by atoms with Gasteiger partial charge in [0.05, 0.1) is 28.7 Å². The van der Waals surface area contributed by atoms with E-state index in [9.17, 15) is 19.1 Å². The first kappa shape index (κ1) is 26.3. The molecule has 0 saturated heterocycles. The highest BCUT2D eigenvalue weighted by atomic mass is 19.1. The lowest BCUT2D eigenvalue weighted by Crippen LogP contribution is -2.22. The zero-order valence-electron chi connectivity index (χ0n) is 21.9. The van der Waals surface area contributed by atoms with Crippen LogP contribution < -0.4 is 11.1 Å². The first-order chi connectivity index (χ1) is 20.4. The number of aromatic nitrogens is 5. The number of hydrogen-bond acceptors (Lipinski definition) is 8. The summed E-state index contributed by atoms with van der Waals surface area (Å²) in [6.07, 6.45) is 3.23. The standard InChI is InChI=1S/C31H22FN7O3/c32-21-6-9-24(35-16-21)25-10-11-26-30(37-25)39(29(38-26)23-2-1-13-34-28(23)33)22-7-3-18(4-8-22)15-36-31(42)19-5-12-27(41)20(14-19)17-40/h1-14,16-17,41H,15H2,(H2,33,34)(H,36,42). The van der Waals surface area contributed by atoms with Gasteiger partial charge in [0, 0.05) is 24.0 Å². The third kappa shape index (κ3) is 5.02. The van der Waals surface area contributed by atoms with Gasteiger partial charge < -0.3 is 16.2 Å². The molecule has 2 aromatic carbocycles. The molecule has 6 aromatic rings. The summed E-state index contributed by atoms with van der Waals surface area (Å²) < 4.78 is 15.3. The van der Waals surface area contributed by atoms with E-state index in [2.05, 4.69) is 15.3 Å². The summed E-state index contributed by atoms with van der Waals surface area (Å²) in [5, 5.41) is 12.5. The van der Waals surface area contributed by atoms with E-state index in [1.54, 1.807) is 24.4 Å². The monoisotopic (exact) mass is 559 g/mol. The van der Waals surface area contributed by atoms with Crippen molar-refractivity contribution < 1.29 is 19.1 Å². The van der Waals surface area contributed by atoms with Crippen LogP contribution in [0.15, 0.2) is 91.3 Å². The molecule has 206 valence electrons. The van der Waals surface area contributed by atoms with E-state index < -0.39 is 5.82 Å². The van der Waals surface area contributed by atoms with E-state index in [1.165, 1.54) is 24.3 Å². The number of aromatic hydroxyl groups is 1. The largest absolute Gasteiger partial charge is 0.507 e. The van der Waals surface area contributed by atoms with Crippen LogP contribution in [-0.2, 0) is 6.54 Å². The van der Waals surface area contributed by atoms with Crippen LogP contribution in [0.25, 0.3) is 39.6 Å². The number of hydrogen-bond donors (Lipinski definition) is 3. The van der Waals surface area contributed by atoms with Crippen LogP contribution in [-0.4, -0.2) is 41.8 Å². The second-order valence-electron chi connectivity index (χ2n) is 9.35. The number of aldehydes is 1. The van der Waals surface area contributed by atoms with Gasteiger partial charge in [-0.05, 0) is 72.3 Å². The Balaban J connectivity index is 1.35. The first-order valence-electron chi connectivity index (χ1n) is 12.8. The Bertz CT molecular complexity index is 1960. The zero-order valence-corrected chi connectivity index (χ0v) is 21.9. The molecule has 0 aliphatic heterocycles. The predicted molar refractivity (Wildman–Crippen MR) is 154 cm³/mol. The van der Waals surface area contributed by atoms with E-state index in [0.29, 0.717) is 46.0 Å². The number of fused-ring (bicyclic) bond motifs is 1. The van der Waals surface area contributed by atoms with Crippen molar-refractivity contribution in [2.75, 3.05) is 5.73 Å². The number of pyridine rings is 3. The highest BCUT2D eigenvalue weighted by Crippen LogP contribution is 2.31. The Morgan fingerprint density at radius 2 is 1.79 bits per heavy atom. The van der Waals surface area contributed by atoms with Crippen molar-refractivity contribution >= 4 is 29.2 Å². The molecule has 0 aliphatic carbocycles. The average molecular weight is 560 g/mol. The van der Waals surface area contributed by atoms with Crippen molar-refractivity contribution in [2.24, 2.45) is 0 Å². The SMILES string of the molecule is Nc1ncccc1-c1nc2ccc(-c3ccc(F)cn3)nc2n1-c1ccc(CNC(=O)c2ccc(O)c(C=O)c2)cc1. The Hall–Kier alpha value is -5.97. The lowest BCUT2D eigenvalue weighted by Gasteiger charge is -2.12. The number of benzene rings is 2. The number of amides is 1. The van der Waals surface area contributed by atoms with Gasteiger partial charge in [0.2, 0.25) is 0 Å². The number of imidazole rings is 1. The second-order valence-corrected chi connectivity index (χ2v) is 9.35. The fourth-order valence-electron chi connectivity index (χ4n) is 4.50. The van der Waals surface area contributed by atoms with Crippen molar-refractivity contribution in [1.82, 2.24) is 29.8 Å². The van der Waals surface area contributed by atoms with E-state index in [0.717, 1.165) is 17.4 Å². The maximum Gasteiger partial charge on any atom is 0.251 e. The van der Waals surface area contributed by atoms with Crippen molar-refractivity contribution in [3.8, 4) is 34.2 Å². The summed E-state index contributed by atoms with van der Waals surface area (Å²) in [5.41, 5.74) is 10.9. The number of nitrogens with one attached hydrogen (secondary N) is 1. The lowest BCUT2D eigenvalue weighted by atomic mass is 10.1. The molecule has 0 saturated carbocycles. The number of nitrogens with zero attached hydrogens (tertiary/aromatic N) is 5. The quantitative estimate of drug-likeness (QED) is 0.238. The molecule has 0 aliphatic rings. The number of phenols is 1. The van der Waals surface area contributed by atoms with E-state index >= 15 is 0 Å². The van der Waals surface area contributed by atoms with Crippen LogP contribution in [0.5, 0.6) is 5.75 Å². The molecule has 0 bridgehead atoms. The normalized spacial score (nSPS) is 11.0. The van der Waals surface area contributed by atoms with E-state index in [4.69, 9.17) is 15.7 Å². The maximum absolute atomic E-state index is 13.5. The van der Waals surface area contributed by atoms with Gasteiger partial charge in [0.25, 0.3) is 5.91 Å². The second kappa shape index (κ2) is 10.9. The van der Waals surface area contributed by atoms with Crippen LogP contribution >= 0.6 is 0 Å². The number of rotatable bonds is 7. The van der Waals surface area contributed by atoms with E-state index in [-0.39, 0.29) is 29.3 Å². The number of nitrogen functional groups attached to an aromatic ring is 1. The minimum Gasteiger partial charge on any atom is -0.507 e. The van der Waals surface area contributed by atoms with Crippen molar-refractivity contribution in [3.05, 3.63) is 114 Å². The molecule has 1 amide bonds. The number of anilines is 1. The van der Waals surface area contributed by atoms with Crippen LogP contribution in [0.1, 0.15) is 26.3 Å². The highest BCUT2D eigenvalue weighted by molar-refractivity contribution is 5.96. The number of phenolic OH excluding ortho intramolecular Hbond substituents is 1. The van der Waals surface area contributed by atoms with E-state index in [1.807, 2.05) is 41.0 Å². The molecular weight excluding hydrogens is 537 g/mol. The molecule has 0 unspecified atom stereocenters. The summed E-state index contributed by atoms with van der Waals surface area (Å²) in [4.78, 5) is 41.7.